The van der Waals surface area contributed by atoms with E-state index in [9.17, 15) is 20.1 Å². The van der Waals surface area contributed by atoms with E-state index in [4.69, 9.17) is 4.74 Å². The van der Waals surface area contributed by atoms with Gasteiger partial charge in [-0.05, 0) is 79.6 Å². The van der Waals surface area contributed by atoms with Gasteiger partial charge < -0.3 is 20.1 Å². The minimum absolute atomic E-state index is 0.0821. The van der Waals surface area contributed by atoms with E-state index in [-0.39, 0.29) is 28.6 Å². The zero-order chi connectivity index (χ0) is 19.9. The van der Waals surface area contributed by atoms with Gasteiger partial charge in [-0.1, -0.05) is 13.8 Å². The fourth-order valence-corrected chi connectivity index (χ4v) is 8.38. The lowest BCUT2D eigenvalue weighted by atomic mass is 9.43. The molecule has 0 aromatic carbocycles. The van der Waals surface area contributed by atoms with Crippen molar-refractivity contribution < 1.29 is 24.9 Å². The summed E-state index contributed by atoms with van der Waals surface area (Å²) >= 11 is 0. The van der Waals surface area contributed by atoms with Gasteiger partial charge in [0.05, 0.1) is 5.60 Å². The Bertz CT molecular complexity index is 729. The van der Waals surface area contributed by atoms with E-state index in [1.807, 2.05) is 0 Å². The third-order valence-electron chi connectivity index (χ3n) is 10.0. The summed E-state index contributed by atoms with van der Waals surface area (Å²) < 4.78 is 5.19. The molecule has 0 unspecified atom stereocenters. The molecule has 0 saturated heterocycles. The highest BCUT2D eigenvalue weighted by atomic mass is 16.5. The Morgan fingerprint density at radius 1 is 0.964 bits per heavy atom. The lowest BCUT2D eigenvalue weighted by Gasteiger charge is -2.64. The molecule has 3 N–H and O–H groups in total. The summed E-state index contributed by atoms with van der Waals surface area (Å²) in [6, 6.07) is 0. The zero-order valence-corrected chi connectivity index (χ0v) is 17.1. The number of carbonyl (C=O) groups excluding carboxylic acids is 1. The summed E-state index contributed by atoms with van der Waals surface area (Å²) in [6.45, 7) is 4.97. The van der Waals surface area contributed by atoms with Crippen molar-refractivity contribution in [3.63, 3.8) is 0 Å². The highest BCUT2D eigenvalue weighted by molar-refractivity contribution is 5.85. The van der Waals surface area contributed by atoms with Gasteiger partial charge in [-0.15, -0.1) is 0 Å². The Kier molecular flexibility index (Phi) is 3.97. The molecule has 4 aliphatic carbocycles. The van der Waals surface area contributed by atoms with Crippen molar-refractivity contribution in [2.24, 2.45) is 34.5 Å². The van der Waals surface area contributed by atoms with Crippen LogP contribution in [0.4, 0.5) is 0 Å². The van der Waals surface area contributed by atoms with Gasteiger partial charge in [0.15, 0.2) is 5.79 Å². The Morgan fingerprint density at radius 2 is 1.75 bits per heavy atom. The number of carbonyl (C=O) groups is 1. The van der Waals surface area contributed by atoms with Crippen LogP contribution in [0.1, 0.15) is 71.6 Å². The molecule has 4 saturated carbocycles. The Labute approximate surface area is 167 Å². The highest BCUT2D eigenvalue weighted by Crippen LogP contribution is 2.70. The van der Waals surface area contributed by atoms with E-state index >= 15 is 0 Å². The minimum Gasteiger partial charge on any atom is -0.458 e. The molecule has 1 heterocycles. The van der Waals surface area contributed by atoms with Gasteiger partial charge in [-0.3, -0.25) is 0 Å². The molecule has 1 aliphatic heterocycles. The van der Waals surface area contributed by atoms with Crippen LogP contribution in [0.25, 0.3) is 0 Å². The fourth-order valence-electron chi connectivity index (χ4n) is 8.38. The van der Waals surface area contributed by atoms with Crippen LogP contribution < -0.4 is 0 Å². The molecule has 4 fully saturated rings. The number of ether oxygens (including phenoxy) is 1. The van der Waals surface area contributed by atoms with E-state index in [0.29, 0.717) is 31.3 Å². The molecule has 156 valence electrons. The van der Waals surface area contributed by atoms with Crippen LogP contribution in [-0.2, 0) is 9.53 Å². The molecule has 0 aromatic heterocycles. The van der Waals surface area contributed by atoms with E-state index in [0.717, 1.165) is 50.5 Å². The van der Waals surface area contributed by atoms with Crippen LogP contribution in [0.2, 0.25) is 0 Å². The van der Waals surface area contributed by atoms with Gasteiger partial charge >= 0.3 is 5.97 Å². The number of esters is 1. The maximum Gasteiger partial charge on any atom is 0.331 e. The number of hydrogen-bond donors (Lipinski definition) is 3. The molecule has 7 atom stereocenters. The quantitative estimate of drug-likeness (QED) is 0.473. The molecule has 0 amide bonds. The van der Waals surface area contributed by atoms with Crippen molar-refractivity contribution in [3.05, 3.63) is 11.6 Å². The first-order valence-corrected chi connectivity index (χ1v) is 11.1. The standard InChI is InChI=1S/C23H34O5/c1-20-9-10-22(25,26)12-15(20)3-4-18-17(20)5-7-21(2)16(6-8-23(18,21)27)14-11-19(24)28-13-14/h11,15-18,25-27H,3-10,12-13H2,1-2H3/t15-,16-,17+,18-,20+,21-,23+/m1/s1. The third-order valence-corrected chi connectivity index (χ3v) is 10.0. The molecule has 5 nitrogen and oxygen atoms in total. The van der Waals surface area contributed by atoms with Gasteiger partial charge in [0, 0.05) is 24.3 Å². The van der Waals surface area contributed by atoms with Crippen molar-refractivity contribution in [1.82, 2.24) is 0 Å². The van der Waals surface area contributed by atoms with Crippen LogP contribution in [0.15, 0.2) is 11.6 Å². The maximum atomic E-state index is 12.1. The van der Waals surface area contributed by atoms with Gasteiger partial charge in [0.1, 0.15) is 6.61 Å². The topological polar surface area (TPSA) is 87.0 Å². The van der Waals surface area contributed by atoms with Crippen molar-refractivity contribution in [1.29, 1.82) is 0 Å². The lowest BCUT2D eigenvalue weighted by molar-refractivity contribution is -0.251. The summed E-state index contributed by atoms with van der Waals surface area (Å²) in [7, 11) is 0. The molecule has 28 heavy (non-hydrogen) atoms. The van der Waals surface area contributed by atoms with Crippen LogP contribution in [-0.4, -0.2) is 39.3 Å². The smallest absolute Gasteiger partial charge is 0.331 e. The van der Waals surface area contributed by atoms with Crippen molar-refractivity contribution in [2.45, 2.75) is 83.0 Å². The van der Waals surface area contributed by atoms with Crippen LogP contribution in [0, 0.1) is 34.5 Å². The monoisotopic (exact) mass is 390 g/mol. The van der Waals surface area contributed by atoms with E-state index in [1.165, 1.54) is 0 Å². The first kappa shape index (κ1) is 19.1. The van der Waals surface area contributed by atoms with Gasteiger partial charge in [-0.25, -0.2) is 4.79 Å². The summed E-state index contributed by atoms with van der Waals surface area (Å²) in [5, 5.41) is 32.5. The molecule has 5 heteroatoms. The molecule has 0 radical (unpaired) electrons. The van der Waals surface area contributed by atoms with Crippen LogP contribution in [0.3, 0.4) is 0 Å². The second kappa shape index (κ2) is 5.83. The summed E-state index contributed by atoms with van der Waals surface area (Å²) in [6.07, 6.45) is 9.10. The van der Waals surface area contributed by atoms with Crippen LogP contribution >= 0.6 is 0 Å². The van der Waals surface area contributed by atoms with Gasteiger partial charge in [0.2, 0.25) is 0 Å². The molecular formula is C23H34O5. The second-order valence-corrected chi connectivity index (χ2v) is 11.0. The first-order valence-electron chi connectivity index (χ1n) is 11.1. The SMILES string of the molecule is C[C@]12CCC(O)(O)C[C@H]1CC[C@@H]1[C@@H]2CC[C@]2(C)[C@@H](C3=CC(=O)OC3)CC[C@]12O. The highest BCUT2D eigenvalue weighted by Gasteiger charge is 2.68. The molecule has 5 rings (SSSR count). The van der Waals surface area contributed by atoms with E-state index in [1.54, 1.807) is 6.08 Å². The molecule has 0 aromatic rings. The predicted octanol–water partition coefficient (Wildman–Crippen LogP) is 2.92. The Morgan fingerprint density at radius 3 is 2.46 bits per heavy atom. The maximum absolute atomic E-state index is 12.1. The molecule has 0 bridgehead atoms. The number of cyclic esters (lactones) is 1. The summed E-state index contributed by atoms with van der Waals surface area (Å²) in [4.78, 5) is 11.6. The van der Waals surface area contributed by atoms with E-state index < -0.39 is 11.4 Å². The number of fused-ring (bicyclic) bond motifs is 5. The lowest BCUT2D eigenvalue weighted by Crippen LogP contribution is -2.63. The van der Waals surface area contributed by atoms with Crippen molar-refractivity contribution >= 4 is 5.97 Å². The summed E-state index contributed by atoms with van der Waals surface area (Å²) in [5.41, 5.74) is 0.251. The largest absolute Gasteiger partial charge is 0.458 e. The van der Waals surface area contributed by atoms with E-state index in [2.05, 4.69) is 13.8 Å². The zero-order valence-electron chi connectivity index (χ0n) is 17.1. The Balaban J connectivity index is 1.46. The number of hydrogen-bond acceptors (Lipinski definition) is 5. The van der Waals surface area contributed by atoms with Crippen LogP contribution in [0.5, 0.6) is 0 Å². The van der Waals surface area contributed by atoms with Crippen molar-refractivity contribution in [2.75, 3.05) is 6.61 Å². The first-order chi connectivity index (χ1) is 13.1. The molecular weight excluding hydrogens is 356 g/mol. The minimum atomic E-state index is -1.52. The molecule has 5 aliphatic rings. The Hall–Kier alpha value is -0.910. The predicted molar refractivity (Wildman–Crippen MR) is 103 cm³/mol. The number of aliphatic hydroxyl groups is 3. The second-order valence-electron chi connectivity index (χ2n) is 11.0. The normalized spacial score (nSPS) is 52.3. The number of rotatable bonds is 1. The summed E-state index contributed by atoms with van der Waals surface area (Å²) in [5.74, 6) is -0.502. The third kappa shape index (κ3) is 2.39. The average Bonchev–Trinajstić information content (AvgIpc) is 3.16. The fraction of sp³-hybridized carbons (Fsp3) is 0.870. The average molecular weight is 391 g/mol. The van der Waals surface area contributed by atoms with Gasteiger partial charge in [-0.2, -0.15) is 0 Å². The van der Waals surface area contributed by atoms with Crippen molar-refractivity contribution in [3.8, 4) is 0 Å². The molecule has 0 spiro atoms. The van der Waals surface area contributed by atoms with Gasteiger partial charge in [0.25, 0.3) is 0 Å².